The van der Waals surface area contributed by atoms with Gasteiger partial charge in [-0.05, 0) is 18.9 Å². The summed E-state index contributed by atoms with van der Waals surface area (Å²) in [5, 5.41) is 0. The summed E-state index contributed by atoms with van der Waals surface area (Å²) in [5.74, 6) is 0.761. The number of oxazole rings is 1. The van der Waals surface area contributed by atoms with E-state index in [9.17, 15) is 0 Å². The molecule has 0 aliphatic rings. The highest BCUT2D eigenvalue weighted by atomic mass is 16.4. The van der Waals surface area contributed by atoms with Crippen LogP contribution < -0.4 is 5.73 Å². The topological polar surface area (TPSA) is 52.0 Å². The SMILES string of the molecule is CCc1ccc(-c2nc(N)oc2C)cc1. The third kappa shape index (κ3) is 1.86. The molecule has 2 aromatic rings. The zero-order valence-corrected chi connectivity index (χ0v) is 8.95. The first-order valence-corrected chi connectivity index (χ1v) is 5.03. The van der Waals surface area contributed by atoms with Gasteiger partial charge in [-0.3, -0.25) is 0 Å². The number of anilines is 1. The van der Waals surface area contributed by atoms with Crippen LogP contribution in [0, 0.1) is 6.92 Å². The minimum Gasteiger partial charge on any atom is -0.429 e. The average molecular weight is 202 g/mol. The molecule has 0 aliphatic carbocycles. The zero-order valence-electron chi connectivity index (χ0n) is 8.95. The molecule has 0 saturated carbocycles. The fraction of sp³-hybridized carbons (Fsp3) is 0.250. The average Bonchev–Trinajstić information content (AvgIpc) is 2.58. The van der Waals surface area contributed by atoms with Gasteiger partial charge in [0.2, 0.25) is 0 Å². The monoisotopic (exact) mass is 202 g/mol. The lowest BCUT2D eigenvalue weighted by atomic mass is 10.1. The predicted octanol–water partition coefficient (Wildman–Crippen LogP) is 2.79. The molecule has 3 heteroatoms. The van der Waals surface area contributed by atoms with E-state index in [0.29, 0.717) is 0 Å². The number of benzene rings is 1. The van der Waals surface area contributed by atoms with E-state index in [4.69, 9.17) is 10.2 Å². The van der Waals surface area contributed by atoms with Gasteiger partial charge < -0.3 is 10.2 Å². The first-order valence-electron chi connectivity index (χ1n) is 5.03. The summed E-state index contributed by atoms with van der Waals surface area (Å²) in [6.45, 7) is 4.00. The standard InChI is InChI=1S/C12H14N2O/c1-3-9-4-6-10(7-5-9)11-8(2)15-12(13)14-11/h4-7H,3H2,1-2H3,(H2,13,14). The van der Waals surface area contributed by atoms with E-state index in [0.717, 1.165) is 23.4 Å². The molecule has 0 fully saturated rings. The quantitative estimate of drug-likeness (QED) is 0.814. The van der Waals surface area contributed by atoms with Crippen LogP contribution in [-0.4, -0.2) is 4.98 Å². The lowest BCUT2D eigenvalue weighted by Crippen LogP contribution is -1.85. The van der Waals surface area contributed by atoms with Crippen LogP contribution in [0.15, 0.2) is 28.7 Å². The van der Waals surface area contributed by atoms with E-state index in [1.54, 1.807) is 0 Å². The van der Waals surface area contributed by atoms with Gasteiger partial charge in [0.15, 0.2) is 0 Å². The largest absolute Gasteiger partial charge is 0.429 e. The minimum atomic E-state index is 0.224. The fourth-order valence-corrected chi connectivity index (χ4v) is 1.58. The summed E-state index contributed by atoms with van der Waals surface area (Å²) in [6.07, 6.45) is 1.04. The molecule has 2 rings (SSSR count). The highest BCUT2D eigenvalue weighted by molar-refractivity contribution is 5.62. The number of nitrogens with two attached hydrogens (primary N) is 1. The van der Waals surface area contributed by atoms with Crippen LogP contribution in [-0.2, 0) is 6.42 Å². The maximum Gasteiger partial charge on any atom is 0.292 e. The van der Waals surface area contributed by atoms with Crippen LogP contribution in [0.1, 0.15) is 18.2 Å². The summed E-state index contributed by atoms with van der Waals surface area (Å²) in [6, 6.07) is 8.51. The van der Waals surface area contributed by atoms with E-state index in [-0.39, 0.29) is 6.01 Å². The first-order chi connectivity index (χ1) is 7.20. The molecule has 15 heavy (non-hydrogen) atoms. The van der Waals surface area contributed by atoms with E-state index < -0.39 is 0 Å². The number of hydrogen-bond acceptors (Lipinski definition) is 3. The Morgan fingerprint density at radius 1 is 1.27 bits per heavy atom. The summed E-state index contributed by atoms with van der Waals surface area (Å²) >= 11 is 0. The van der Waals surface area contributed by atoms with Gasteiger partial charge in [0.05, 0.1) is 0 Å². The molecule has 1 aromatic carbocycles. The molecule has 3 nitrogen and oxygen atoms in total. The molecule has 1 aromatic heterocycles. The first kappa shape index (κ1) is 9.77. The van der Waals surface area contributed by atoms with Gasteiger partial charge in [-0.1, -0.05) is 31.2 Å². The van der Waals surface area contributed by atoms with E-state index in [2.05, 4.69) is 24.0 Å². The fourth-order valence-electron chi connectivity index (χ4n) is 1.58. The van der Waals surface area contributed by atoms with E-state index >= 15 is 0 Å². The van der Waals surface area contributed by atoms with Crippen molar-refractivity contribution < 1.29 is 4.42 Å². The Morgan fingerprint density at radius 3 is 2.40 bits per heavy atom. The number of aromatic nitrogens is 1. The lowest BCUT2D eigenvalue weighted by Gasteiger charge is -1.99. The second kappa shape index (κ2) is 3.77. The van der Waals surface area contributed by atoms with Gasteiger partial charge in [0.1, 0.15) is 11.5 Å². The molecule has 0 aliphatic heterocycles. The van der Waals surface area contributed by atoms with E-state index in [1.165, 1.54) is 5.56 Å². The van der Waals surface area contributed by atoms with Crippen molar-refractivity contribution in [3.05, 3.63) is 35.6 Å². The van der Waals surface area contributed by atoms with Crippen LogP contribution in [0.2, 0.25) is 0 Å². The number of nitrogen functional groups attached to an aromatic ring is 1. The summed E-state index contributed by atoms with van der Waals surface area (Å²) < 4.78 is 5.19. The van der Waals surface area contributed by atoms with Crippen molar-refractivity contribution in [1.82, 2.24) is 4.98 Å². The maximum atomic E-state index is 5.50. The van der Waals surface area contributed by atoms with Gasteiger partial charge in [0.25, 0.3) is 6.01 Å². The Kier molecular flexibility index (Phi) is 2.46. The molecule has 2 N–H and O–H groups in total. The normalized spacial score (nSPS) is 10.5. The molecule has 78 valence electrons. The van der Waals surface area contributed by atoms with Crippen LogP contribution in [0.4, 0.5) is 6.01 Å². The van der Waals surface area contributed by atoms with Gasteiger partial charge in [-0.15, -0.1) is 0 Å². The van der Waals surface area contributed by atoms with E-state index in [1.807, 2.05) is 19.1 Å². The van der Waals surface area contributed by atoms with Crippen molar-refractivity contribution in [3.63, 3.8) is 0 Å². The van der Waals surface area contributed by atoms with Crippen molar-refractivity contribution in [2.45, 2.75) is 20.3 Å². The number of hydrogen-bond donors (Lipinski definition) is 1. The highest BCUT2D eigenvalue weighted by Crippen LogP contribution is 2.24. The Morgan fingerprint density at radius 2 is 1.93 bits per heavy atom. The maximum absolute atomic E-state index is 5.50. The van der Waals surface area contributed by atoms with Gasteiger partial charge in [0, 0.05) is 5.56 Å². The van der Waals surface area contributed by atoms with Crippen molar-refractivity contribution in [3.8, 4) is 11.3 Å². The van der Waals surface area contributed by atoms with Gasteiger partial charge in [-0.25, -0.2) is 0 Å². The lowest BCUT2D eigenvalue weighted by molar-refractivity contribution is 0.549. The van der Waals surface area contributed by atoms with Crippen LogP contribution in [0.3, 0.4) is 0 Å². The third-order valence-electron chi connectivity index (χ3n) is 2.45. The Labute approximate surface area is 88.9 Å². The van der Waals surface area contributed by atoms with Gasteiger partial charge in [-0.2, -0.15) is 4.98 Å². The smallest absolute Gasteiger partial charge is 0.292 e. The molecule has 0 atom stereocenters. The zero-order chi connectivity index (χ0) is 10.8. The molecule has 0 unspecified atom stereocenters. The van der Waals surface area contributed by atoms with Crippen LogP contribution >= 0.6 is 0 Å². The molecule has 0 saturated heterocycles. The van der Waals surface area contributed by atoms with Crippen molar-refractivity contribution in [2.75, 3.05) is 5.73 Å². The minimum absolute atomic E-state index is 0.224. The molecule has 1 heterocycles. The van der Waals surface area contributed by atoms with Crippen LogP contribution in [0.5, 0.6) is 0 Å². The predicted molar refractivity (Wildman–Crippen MR) is 60.5 cm³/mol. The van der Waals surface area contributed by atoms with Crippen molar-refractivity contribution in [1.29, 1.82) is 0 Å². The van der Waals surface area contributed by atoms with Crippen molar-refractivity contribution in [2.24, 2.45) is 0 Å². The Hall–Kier alpha value is -1.77. The molecule has 0 bridgehead atoms. The molecule has 0 amide bonds. The molecule has 0 spiro atoms. The summed E-state index contributed by atoms with van der Waals surface area (Å²) in [5.41, 5.74) is 8.68. The summed E-state index contributed by atoms with van der Waals surface area (Å²) in [7, 11) is 0. The third-order valence-corrected chi connectivity index (χ3v) is 2.45. The Balaban J connectivity index is 2.41. The van der Waals surface area contributed by atoms with Crippen LogP contribution in [0.25, 0.3) is 11.3 Å². The number of nitrogens with zero attached hydrogens (tertiary/aromatic N) is 1. The second-order valence-corrected chi connectivity index (χ2v) is 3.51. The highest BCUT2D eigenvalue weighted by Gasteiger charge is 2.08. The Bertz CT molecular complexity index is 457. The summed E-state index contributed by atoms with van der Waals surface area (Å²) in [4.78, 5) is 4.15. The second-order valence-electron chi connectivity index (χ2n) is 3.51. The molecule has 0 radical (unpaired) electrons. The number of rotatable bonds is 2. The van der Waals surface area contributed by atoms with Gasteiger partial charge >= 0.3 is 0 Å². The van der Waals surface area contributed by atoms with Crippen molar-refractivity contribution >= 4 is 6.01 Å². The molecular formula is C12H14N2O. The number of aryl methyl sites for hydroxylation is 2. The molecular weight excluding hydrogens is 188 g/mol.